The second-order valence-electron chi connectivity index (χ2n) is 4.47. The van der Waals surface area contributed by atoms with Crippen molar-refractivity contribution < 1.29 is 9.59 Å². The number of urea groups is 1. The molecule has 6 heteroatoms. The van der Waals surface area contributed by atoms with E-state index in [9.17, 15) is 9.59 Å². The molecule has 3 amide bonds. The van der Waals surface area contributed by atoms with Crippen LogP contribution < -0.4 is 16.4 Å². The van der Waals surface area contributed by atoms with Gasteiger partial charge in [-0.3, -0.25) is 10.1 Å². The number of amides is 3. The molecular weight excluding hydrogens is 280 g/mol. The van der Waals surface area contributed by atoms with E-state index >= 15 is 0 Å². The first-order valence-corrected chi connectivity index (χ1v) is 6.54. The number of imide groups is 1. The molecule has 0 atom stereocenters. The Hall–Kier alpha value is -3.17. The van der Waals surface area contributed by atoms with Crippen molar-refractivity contribution >= 4 is 17.6 Å². The second-order valence-corrected chi connectivity index (χ2v) is 4.47. The Morgan fingerprint density at radius 1 is 1.14 bits per heavy atom. The van der Waals surface area contributed by atoms with Crippen LogP contribution in [0, 0.1) is 11.3 Å². The van der Waals surface area contributed by atoms with Crippen LogP contribution in [0.4, 0.5) is 10.5 Å². The molecule has 0 saturated heterocycles. The van der Waals surface area contributed by atoms with Crippen molar-refractivity contribution in [2.45, 2.75) is 6.54 Å². The van der Waals surface area contributed by atoms with Gasteiger partial charge in [0, 0.05) is 12.1 Å². The largest absolute Gasteiger partial charge is 0.326 e. The van der Waals surface area contributed by atoms with Gasteiger partial charge in [-0.15, -0.1) is 0 Å². The Morgan fingerprint density at radius 2 is 1.86 bits per heavy atom. The summed E-state index contributed by atoms with van der Waals surface area (Å²) in [6.07, 6.45) is 0. The number of nitriles is 1. The summed E-state index contributed by atoms with van der Waals surface area (Å²) in [4.78, 5) is 23.7. The highest BCUT2D eigenvalue weighted by Gasteiger charge is 2.12. The van der Waals surface area contributed by atoms with Gasteiger partial charge in [-0.05, 0) is 29.8 Å². The average Bonchev–Trinajstić information content (AvgIpc) is 2.55. The Labute approximate surface area is 127 Å². The number of anilines is 1. The summed E-state index contributed by atoms with van der Waals surface area (Å²) in [5.41, 5.74) is 7.25. The molecule has 0 spiro atoms. The van der Waals surface area contributed by atoms with Gasteiger partial charge in [0.1, 0.15) is 6.07 Å². The van der Waals surface area contributed by atoms with E-state index in [1.54, 1.807) is 48.5 Å². The van der Waals surface area contributed by atoms with Gasteiger partial charge in [0.05, 0.1) is 11.3 Å². The van der Waals surface area contributed by atoms with Gasteiger partial charge in [0.25, 0.3) is 5.91 Å². The zero-order valence-corrected chi connectivity index (χ0v) is 11.7. The summed E-state index contributed by atoms with van der Waals surface area (Å²) < 4.78 is 0. The zero-order chi connectivity index (χ0) is 15.9. The van der Waals surface area contributed by atoms with E-state index in [2.05, 4.69) is 10.6 Å². The predicted octanol–water partition coefficient (Wildman–Crippen LogP) is 1.98. The quantitative estimate of drug-likeness (QED) is 0.804. The van der Waals surface area contributed by atoms with E-state index in [0.29, 0.717) is 17.8 Å². The average molecular weight is 294 g/mol. The lowest BCUT2D eigenvalue weighted by molar-refractivity contribution is 0.0967. The van der Waals surface area contributed by atoms with Crippen LogP contribution in [0.15, 0.2) is 48.5 Å². The fourth-order valence-electron chi connectivity index (χ4n) is 1.84. The van der Waals surface area contributed by atoms with E-state index in [-0.39, 0.29) is 5.56 Å². The molecule has 0 aliphatic carbocycles. The molecule has 0 saturated carbocycles. The van der Waals surface area contributed by atoms with Crippen LogP contribution in [-0.2, 0) is 6.54 Å². The second kappa shape index (κ2) is 7.02. The number of nitrogens with two attached hydrogens (primary N) is 1. The highest BCUT2D eigenvalue weighted by Crippen LogP contribution is 2.16. The van der Waals surface area contributed by atoms with Gasteiger partial charge >= 0.3 is 6.03 Å². The van der Waals surface area contributed by atoms with Crippen LogP contribution in [0.25, 0.3) is 0 Å². The van der Waals surface area contributed by atoms with E-state index in [1.807, 2.05) is 6.07 Å². The molecular formula is C16H14N4O2. The summed E-state index contributed by atoms with van der Waals surface area (Å²) in [6, 6.07) is 14.5. The molecule has 2 rings (SSSR count). The van der Waals surface area contributed by atoms with Gasteiger partial charge in [0.15, 0.2) is 0 Å². The highest BCUT2D eigenvalue weighted by molar-refractivity contribution is 6.08. The third kappa shape index (κ3) is 3.69. The summed E-state index contributed by atoms with van der Waals surface area (Å²) in [5, 5.41) is 13.8. The number of carbonyl (C=O) groups is 2. The first kappa shape index (κ1) is 15.2. The molecule has 22 heavy (non-hydrogen) atoms. The van der Waals surface area contributed by atoms with Crippen LogP contribution in [-0.4, -0.2) is 11.9 Å². The maximum atomic E-state index is 11.8. The van der Waals surface area contributed by atoms with Crippen molar-refractivity contribution in [3.8, 4) is 6.07 Å². The Morgan fingerprint density at radius 3 is 2.50 bits per heavy atom. The predicted molar refractivity (Wildman–Crippen MR) is 82.0 cm³/mol. The minimum absolute atomic E-state index is 0.283. The molecule has 0 bridgehead atoms. The van der Waals surface area contributed by atoms with Crippen molar-refractivity contribution in [2.75, 3.05) is 5.32 Å². The SMILES string of the molecule is N#Cc1cc(CN)ccc1NC(=O)NC(=O)c1ccccc1. The van der Waals surface area contributed by atoms with Crippen molar-refractivity contribution in [3.63, 3.8) is 0 Å². The lowest BCUT2D eigenvalue weighted by Crippen LogP contribution is -2.34. The van der Waals surface area contributed by atoms with Crippen molar-refractivity contribution in [1.82, 2.24) is 5.32 Å². The monoisotopic (exact) mass is 294 g/mol. The van der Waals surface area contributed by atoms with E-state index in [1.165, 1.54) is 0 Å². The molecule has 110 valence electrons. The molecule has 2 aromatic rings. The number of nitrogens with zero attached hydrogens (tertiary/aromatic N) is 1. The molecule has 0 aromatic heterocycles. The Balaban J connectivity index is 2.07. The lowest BCUT2D eigenvalue weighted by atomic mass is 10.1. The molecule has 2 aromatic carbocycles. The van der Waals surface area contributed by atoms with Crippen molar-refractivity contribution in [2.24, 2.45) is 5.73 Å². The van der Waals surface area contributed by atoms with Crippen LogP contribution in [0.1, 0.15) is 21.5 Å². The summed E-state index contributed by atoms with van der Waals surface area (Å²) in [5.74, 6) is -0.518. The number of rotatable bonds is 3. The topological polar surface area (TPSA) is 108 Å². The Bertz CT molecular complexity index is 736. The number of hydrogen-bond donors (Lipinski definition) is 3. The van der Waals surface area contributed by atoms with Crippen LogP contribution in [0.3, 0.4) is 0 Å². The standard InChI is InChI=1S/C16H14N4O2/c17-9-11-6-7-14(13(8-11)10-18)19-16(22)20-15(21)12-4-2-1-3-5-12/h1-8H,9,17H2,(H2,19,20,21,22). The first-order chi connectivity index (χ1) is 10.6. The zero-order valence-electron chi connectivity index (χ0n) is 11.7. The molecule has 0 radical (unpaired) electrons. The molecule has 6 nitrogen and oxygen atoms in total. The Kier molecular flexibility index (Phi) is 4.85. The fourth-order valence-corrected chi connectivity index (χ4v) is 1.84. The summed E-state index contributed by atoms with van der Waals surface area (Å²) in [6.45, 7) is 0.299. The van der Waals surface area contributed by atoms with Crippen LogP contribution >= 0.6 is 0 Å². The fraction of sp³-hybridized carbons (Fsp3) is 0.0625. The molecule has 0 aliphatic heterocycles. The minimum Gasteiger partial charge on any atom is -0.326 e. The maximum Gasteiger partial charge on any atom is 0.326 e. The first-order valence-electron chi connectivity index (χ1n) is 6.54. The number of hydrogen-bond acceptors (Lipinski definition) is 4. The molecule has 4 N–H and O–H groups in total. The number of carbonyl (C=O) groups excluding carboxylic acids is 2. The highest BCUT2D eigenvalue weighted by atomic mass is 16.2. The lowest BCUT2D eigenvalue weighted by Gasteiger charge is -2.09. The van der Waals surface area contributed by atoms with Gasteiger partial charge in [0.2, 0.25) is 0 Å². The van der Waals surface area contributed by atoms with Gasteiger partial charge < -0.3 is 11.1 Å². The normalized spacial score (nSPS) is 9.64. The minimum atomic E-state index is -0.703. The smallest absolute Gasteiger partial charge is 0.326 e. The number of nitrogens with one attached hydrogen (secondary N) is 2. The number of benzene rings is 2. The summed E-state index contributed by atoms with van der Waals surface area (Å²) >= 11 is 0. The molecule has 0 heterocycles. The third-order valence-corrected chi connectivity index (χ3v) is 2.95. The van der Waals surface area contributed by atoms with E-state index < -0.39 is 11.9 Å². The maximum absolute atomic E-state index is 11.8. The van der Waals surface area contributed by atoms with Crippen molar-refractivity contribution in [3.05, 3.63) is 65.2 Å². The van der Waals surface area contributed by atoms with E-state index in [4.69, 9.17) is 11.0 Å². The van der Waals surface area contributed by atoms with Crippen LogP contribution in [0.2, 0.25) is 0 Å². The molecule has 0 fully saturated rings. The molecule has 0 aliphatic rings. The third-order valence-electron chi connectivity index (χ3n) is 2.95. The summed E-state index contributed by atoms with van der Waals surface area (Å²) in [7, 11) is 0. The van der Waals surface area contributed by atoms with Gasteiger partial charge in [-0.1, -0.05) is 24.3 Å². The van der Waals surface area contributed by atoms with Crippen molar-refractivity contribution in [1.29, 1.82) is 5.26 Å². The van der Waals surface area contributed by atoms with Crippen LogP contribution in [0.5, 0.6) is 0 Å². The van der Waals surface area contributed by atoms with Gasteiger partial charge in [-0.25, -0.2) is 4.79 Å². The molecule has 0 unspecified atom stereocenters. The van der Waals surface area contributed by atoms with Gasteiger partial charge in [-0.2, -0.15) is 5.26 Å². The van der Waals surface area contributed by atoms with E-state index in [0.717, 1.165) is 5.56 Å².